The minimum absolute atomic E-state index is 0.162. The van der Waals surface area contributed by atoms with Crippen LogP contribution in [0.25, 0.3) is 4.91 Å². The number of carbonyl (C=O) groups excluding carboxylic acids is 1. The van der Waals surface area contributed by atoms with Crippen LogP contribution in [0.15, 0.2) is 34.2 Å². The number of nitrogens with zero attached hydrogens (tertiary/aromatic N) is 3. The summed E-state index contributed by atoms with van der Waals surface area (Å²) in [5, 5.41) is 0. The highest BCUT2D eigenvalue weighted by atomic mass is 32.2. The molecule has 2 aliphatic rings. The van der Waals surface area contributed by atoms with E-state index in [2.05, 4.69) is 4.40 Å². The molecule has 7 heteroatoms. The van der Waals surface area contributed by atoms with Crippen molar-refractivity contribution in [2.75, 3.05) is 26.2 Å². The van der Waals surface area contributed by atoms with Gasteiger partial charge >= 0.3 is 0 Å². The molecule has 0 radical (unpaired) electrons. The fourth-order valence-electron chi connectivity index (χ4n) is 3.80. The number of amidine groups is 1. The zero-order valence-electron chi connectivity index (χ0n) is 18.0. The zero-order valence-corrected chi connectivity index (χ0v) is 18.8. The number of amides is 1. The van der Waals surface area contributed by atoms with E-state index >= 15 is 0 Å². The molecule has 2 heterocycles. The molecular formula is C22H31N3O3S. The number of rotatable bonds is 3. The van der Waals surface area contributed by atoms with Gasteiger partial charge in [-0.2, -0.15) is 8.42 Å². The van der Waals surface area contributed by atoms with Gasteiger partial charge in [0.15, 0.2) is 0 Å². The third-order valence-corrected chi connectivity index (χ3v) is 7.47. The molecule has 0 aliphatic carbocycles. The van der Waals surface area contributed by atoms with Gasteiger partial charge in [0.1, 0.15) is 10.7 Å². The average Bonchev–Trinajstić information content (AvgIpc) is 2.83. The van der Waals surface area contributed by atoms with E-state index < -0.39 is 10.0 Å². The van der Waals surface area contributed by atoms with Crippen LogP contribution in [0.3, 0.4) is 0 Å². The van der Waals surface area contributed by atoms with Crippen LogP contribution in [0.5, 0.6) is 0 Å². The van der Waals surface area contributed by atoms with Crippen molar-refractivity contribution in [3.63, 3.8) is 0 Å². The molecule has 6 nitrogen and oxygen atoms in total. The van der Waals surface area contributed by atoms with Gasteiger partial charge in [-0.1, -0.05) is 50.6 Å². The summed E-state index contributed by atoms with van der Waals surface area (Å²) in [6.45, 7) is 12.3. The second-order valence-electron chi connectivity index (χ2n) is 8.58. The summed E-state index contributed by atoms with van der Waals surface area (Å²) in [4.78, 5) is 17.0. The van der Waals surface area contributed by atoms with Crippen molar-refractivity contribution >= 4 is 26.7 Å². The lowest BCUT2D eigenvalue weighted by atomic mass is 9.88. The van der Waals surface area contributed by atoms with E-state index in [1.807, 2.05) is 68.7 Å². The molecule has 0 bridgehead atoms. The Balaban J connectivity index is 1.84. The Labute approximate surface area is 174 Å². The Morgan fingerprint density at radius 3 is 2.34 bits per heavy atom. The van der Waals surface area contributed by atoms with Crippen LogP contribution in [-0.2, 0) is 14.8 Å². The largest absolute Gasteiger partial charge is 0.354 e. The van der Waals surface area contributed by atoms with Gasteiger partial charge in [0.05, 0.1) is 0 Å². The highest BCUT2D eigenvalue weighted by molar-refractivity contribution is 8.00. The van der Waals surface area contributed by atoms with Crippen molar-refractivity contribution in [1.29, 1.82) is 0 Å². The molecule has 29 heavy (non-hydrogen) atoms. The van der Waals surface area contributed by atoms with Gasteiger partial charge in [-0.15, -0.1) is 4.40 Å². The zero-order chi connectivity index (χ0) is 21.4. The van der Waals surface area contributed by atoms with Crippen LogP contribution in [0.1, 0.15) is 51.7 Å². The second kappa shape index (κ2) is 7.94. The predicted octanol–water partition coefficient (Wildman–Crippen LogP) is 3.44. The topological polar surface area (TPSA) is 70.1 Å². The van der Waals surface area contributed by atoms with E-state index in [1.165, 1.54) is 0 Å². The first-order chi connectivity index (χ1) is 13.6. The van der Waals surface area contributed by atoms with Crippen molar-refractivity contribution < 1.29 is 13.2 Å². The lowest BCUT2D eigenvalue weighted by molar-refractivity contribution is -0.140. The molecule has 0 N–H and O–H groups in total. The minimum Gasteiger partial charge on any atom is -0.354 e. The maximum Gasteiger partial charge on any atom is 0.285 e. The van der Waals surface area contributed by atoms with Gasteiger partial charge in [0.2, 0.25) is 5.91 Å². The van der Waals surface area contributed by atoms with E-state index in [0.717, 1.165) is 18.4 Å². The molecular weight excluding hydrogens is 386 g/mol. The van der Waals surface area contributed by atoms with Gasteiger partial charge in [0.25, 0.3) is 10.0 Å². The van der Waals surface area contributed by atoms with Crippen molar-refractivity contribution in [1.82, 2.24) is 9.80 Å². The molecule has 1 saturated heterocycles. The number of hydrogen-bond acceptors (Lipinski definition) is 4. The molecule has 0 saturated carbocycles. The number of hydrogen-bond donors (Lipinski definition) is 0. The first-order valence-electron chi connectivity index (χ1n) is 10.2. The fourth-order valence-corrected chi connectivity index (χ4v) is 5.28. The predicted molar refractivity (Wildman–Crippen MR) is 117 cm³/mol. The van der Waals surface area contributed by atoms with Crippen molar-refractivity contribution in [3.05, 3.63) is 41.0 Å². The molecule has 3 rings (SSSR count). The Kier molecular flexibility index (Phi) is 5.90. The normalized spacial score (nSPS) is 20.0. The third kappa shape index (κ3) is 4.25. The number of benzene rings is 1. The fraction of sp³-hybridized carbons (Fsp3) is 0.545. The first kappa shape index (κ1) is 21.6. The average molecular weight is 418 g/mol. The van der Waals surface area contributed by atoms with Crippen molar-refractivity contribution in [2.24, 2.45) is 9.81 Å². The summed E-state index contributed by atoms with van der Waals surface area (Å²) < 4.78 is 29.7. The molecule has 0 atom stereocenters. The van der Waals surface area contributed by atoms with E-state index in [-0.39, 0.29) is 16.2 Å². The van der Waals surface area contributed by atoms with Crippen molar-refractivity contribution in [2.45, 2.75) is 47.5 Å². The molecule has 0 spiro atoms. The van der Waals surface area contributed by atoms with E-state index in [9.17, 15) is 13.2 Å². The van der Waals surface area contributed by atoms with Gasteiger partial charge in [-0.3, -0.25) is 4.79 Å². The summed E-state index contributed by atoms with van der Waals surface area (Å²) in [7, 11) is -3.72. The lowest BCUT2D eigenvalue weighted by Gasteiger charge is -2.30. The minimum atomic E-state index is -3.72. The second-order valence-corrected chi connectivity index (χ2v) is 10.1. The highest BCUT2D eigenvalue weighted by Gasteiger charge is 2.35. The Bertz CT molecular complexity index is 960. The van der Waals surface area contributed by atoms with Gasteiger partial charge in [-0.25, -0.2) is 0 Å². The SMILES string of the molecule is CCC(C)(C)C(=O)N1CCCN(C2=NS(=O)(=O)C(c3ccc(C)cc3)=C2C)CC1. The number of sulfonamides is 1. The summed E-state index contributed by atoms with van der Waals surface area (Å²) in [5.74, 6) is 0.681. The first-order valence-corrected chi connectivity index (χ1v) is 11.7. The standard InChI is InChI=1S/C22H31N3O3S/c1-6-22(4,5)21(26)25-13-7-12-24(14-15-25)20-17(3)19(29(27,28)23-20)18-10-8-16(2)9-11-18/h8-11H,6-7,12-15H2,1-5H3. The molecule has 0 unspecified atom stereocenters. The van der Waals surface area contributed by atoms with Gasteiger partial charge in [0, 0.05) is 37.2 Å². The summed E-state index contributed by atoms with van der Waals surface area (Å²) in [5.41, 5.74) is 2.05. The molecule has 158 valence electrons. The molecule has 1 aromatic rings. The molecule has 2 aliphatic heterocycles. The van der Waals surface area contributed by atoms with Crippen LogP contribution < -0.4 is 0 Å². The molecule has 1 fully saturated rings. The summed E-state index contributed by atoms with van der Waals surface area (Å²) in [6, 6.07) is 7.49. The lowest BCUT2D eigenvalue weighted by Crippen LogP contribution is -2.43. The Morgan fingerprint density at radius 1 is 1.07 bits per heavy atom. The van der Waals surface area contributed by atoms with E-state index in [0.29, 0.717) is 43.2 Å². The van der Waals surface area contributed by atoms with Crippen LogP contribution in [-0.4, -0.2) is 56.1 Å². The molecule has 1 amide bonds. The summed E-state index contributed by atoms with van der Waals surface area (Å²) >= 11 is 0. The van der Waals surface area contributed by atoms with Crippen LogP contribution in [0, 0.1) is 12.3 Å². The molecule has 1 aromatic carbocycles. The smallest absolute Gasteiger partial charge is 0.285 e. The third-order valence-electron chi connectivity index (χ3n) is 6.00. The Hall–Kier alpha value is -2.15. The van der Waals surface area contributed by atoms with Crippen LogP contribution in [0.2, 0.25) is 0 Å². The summed E-state index contributed by atoms with van der Waals surface area (Å²) in [6.07, 6.45) is 1.58. The monoisotopic (exact) mass is 417 g/mol. The molecule has 0 aromatic heterocycles. The number of aryl methyl sites for hydroxylation is 1. The van der Waals surface area contributed by atoms with Gasteiger partial charge < -0.3 is 9.80 Å². The van der Waals surface area contributed by atoms with E-state index in [4.69, 9.17) is 0 Å². The quantitative estimate of drug-likeness (QED) is 0.755. The maximum atomic E-state index is 12.8. The maximum absolute atomic E-state index is 12.8. The van der Waals surface area contributed by atoms with Crippen LogP contribution in [0.4, 0.5) is 0 Å². The van der Waals surface area contributed by atoms with Crippen molar-refractivity contribution in [3.8, 4) is 0 Å². The number of carbonyl (C=O) groups is 1. The van der Waals surface area contributed by atoms with Gasteiger partial charge in [-0.05, 0) is 32.3 Å². The highest BCUT2D eigenvalue weighted by Crippen LogP contribution is 2.34. The van der Waals surface area contributed by atoms with Crippen LogP contribution >= 0.6 is 0 Å². The van der Waals surface area contributed by atoms with E-state index in [1.54, 1.807) is 0 Å². The Morgan fingerprint density at radius 2 is 1.72 bits per heavy atom.